The van der Waals surface area contributed by atoms with E-state index in [-0.39, 0.29) is 5.91 Å². The largest absolute Gasteiger partial charge is 0.335 e. The Bertz CT molecular complexity index is 845. The first-order chi connectivity index (χ1) is 14.3. The summed E-state index contributed by atoms with van der Waals surface area (Å²) in [6, 6.07) is 11.1. The fourth-order valence-electron chi connectivity index (χ4n) is 5.44. The first kappa shape index (κ1) is 18.9. The highest BCUT2D eigenvalue weighted by Crippen LogP contribution is 2.28. The summed E-state index contributed by atoms with van der Waals surface area (Å²) in [5.74, 6) is 0.143. The zero-order valence-electron chi connectivity index (χ0n) is 17.4. The van der Waals surface area contributed by atoms with Gasteiger partial charge < -0.3 is 4.90 Å². The number of hydrogen-bond donors (Lipinski definition) is 0. The molecule has 5 nitrogen and oxygen atoms in total. The molecule has 5 heteroatoms. The van der Waals surface area contributed by atoms with E-state index in [0.29, 0.717) is 5.69 Å². The van der Waals surface area contributed by atoms with Crippen molar-refractivity contribution in [3.05, 3.63) is 47.3 Å². The van der Waals surface area contributed by atoms with Crippen LogP contribution in [0.25, 0.3) is 5.69 Å². The first-order valence-corrected chi connectivity index (χ1v) is 11.5. The minimum Gasteiger partial charge on any atom is -0.335 e. The van der Waals surface area contributed by atoms with E-state index in [1.165, 1.54) is 49.8 Å². The molecule has 1 aromatic carbocycles. The quantitative estimate of drug-likeness (QED) is 0.745. The Hall–Kier alpha value is -2.14. The average Bonchev–Trinajstić information content (AvgIpc) is 3.37. The molecule has 1 aliphatic heterocycles. The van der Waals surface area contributed by atoms with Gasteiger partial charge in [-0.05, 0) is 50.7 Å². The summed E-state index contributed by atoms with van der Waals surface area (Å²) in [7, 11) is 0. The number of carbonyl (C=O) groups excluding carboxylic acids is 1. The molecular weight excluding hydrogens is 360 g/mol. The van der Waals surface area contributed by atoms with Crippen molar-refractivity contribution >= 4 is 5.91 Å². The molecule has 0 radical (unpaired) electrons. The Morgan fingerprint density at radius 2 is 1.59 bits per heavy atom. The summed E-state index contributed by atoms with van der Waals surface area (Å²) in [6.07, 6.45) is 11.0. The highest BCUT2D eigenvalue weighted by Gasteiger charge is 2.31. The zero-order valence-corrected chi connectivity index (χ0v) is 17.4. The maximum absolute atomic E-state index is 13.5. The molecule has 2 fully saturated rings. The number of amides is 1. The van der Waals surface area contributed by atoms with E-state index in [0.717, 1.165) is 57.2 Å². The van der Waals surface area contributed by atoms with Crippen molar-refractivity contribution in [2.24, 2.45) is 0 Å². The van der Waals surface area contributed by atoms with E-state index in [1.807, 2.05) is 27.8 Å². The molecular formula is C24H32N4O. The highest BCUT2D eigenvalue weighted by molar-refractivity contribution is 5.94. The smallest absolute Gasteiger partial charge is 0.274 e. The zero-order chi connectivity index (χ0) is 19.6. The summed E-state index contributed by atoms with van der Waals surface area (Å²) in [5.41, 5.74) is 4.23. The summed E-state index contributed by atoms with van der Waals surface area (Å²) < 4.78 is 2.04. The molecule has 0 bridgehead atoms. The molecule has 5 rings (SSSR count). The number of rotatable bonds is 3. The van der Waals surface area contributed by atoms with Crippen molar-refractivity contribution < 1.29 is 4.79 Å². The molecule has 154 valence electrons. The molecule has 0 unspecified atom stereocenters. The van der Waals surface area contributed by atoms with Crippen molar-refractivity contribution in [1.29, 1.82) is 0 Å². The number of aromatic nitrogens is 2. The molecule has 0 spiro atoms. The molecule has 1 saturated carbocycles. The number of hydrogen-bond acceptors (Lipinski definition) is 3. The summed E-state index contributed by atoms with van der Waals surface area (Å²) in [5, 5.41) is 4.89. The van der Waals surface area contributed by atoms with E-state index in [9.17, 15) is 4.79 Å². The normalized spacial score (nSPS) is 21.2. The Labute approximate surface area is 173 Å². The third kappa shape index (κ3) is 3.73. The third-order valence-corrected chi connectivity index (χ3v) is 7.08. The van der Waals surface area contributed by atoms with Crippen LogP contribution in [0.2, 0.25) is 0 Å². The van der Waals surface area contributed by atoms with Crippen LogP contribution in [0.15, 0.2) is 30.3 Å². The Kier molecular flexibility index (Phi) is 5.40. The van der Waals surface area contributed by atoms with Crippen molar-refractivity contribution in [2.45, 2.75) is 63.8 Å². The number of nitrogens with zero attached hydrogens (tertiary/aromatic N) is 4. The van der Waals surface area contributed by atoms with Gasteiger partial charge in [-0.2, -0.15) is 5.10 Å². The fraction of sp³-hybridized carbons (Fsp3) is 0.583. The van der Waals surface area contributed by atoms with Gasteiger partial charge in [-0.15, -0.1) is 0 Å². The SMILES string of the molecule is O=C(c1nn(-c2ccccc2)c2c1CCCCC2)N1CCN(C2CCCC2)CC1. The molecule has 2 aliphatic carbocycles. The fourth-order valence-corrected chi connectivity index (χ4v) is 5.44. The minimum atomic E-state index is 0.143. The topological polar surface area (TPSA) is 41.4 Å². The van der Waals surface area contributed by atoms with Gasteiger partial charge in [0, 0.05) is 43.5 Å². The van der Waals surface area contributed by atoms with Gasteiger partial charge in [0.2, 0.25) is 0 Å². The molecule has 3 aliphatic rings. The van der Waals surface area contributed by atoms with Gasteiger partial charge in [0.05, 0.1) is 5.69 Å². The van der Waals surface area contributed by atoms with Crippen LogP contribution < -0.4 is 0 Å². The monoisotopic (exact) mass is 392 g/mol. The Morgan fingerprint density at radius 1 is 0.862 bits per heavy atom. The van der Waals surface area contributed by atoms with Gasteiger partial charge in [-0.25, -0.2) is 4.68 Å². The highest BCUT2D eigenvalue weighted by atomic mass is 16.2. The maximum Gasteiger partial charge on any atom is 0.274 e. The van der Waals surface area contributed by atoms with Crippen LogP contribution in [0, 0.1) is 0 Å². The number of carbonyl (C=O) groups is 1. The standard InChI is InChI=1S/C24H32N4O/c29-24(27-17-15-26(16-18-27)19-9-7-8-10-19)23-21-13-5-2-6-14-22(21)28(25-23)20-11-3-1-4-12-20/h1,3-4,11-12,19H,2,5-10,13-18H2. The van der Waals surface area contributed by atoms with Crippen LogP contribution in [0.5, 0.6) is 0 Å². The van der Waals surface area contributed by atoms with Crippen LogP contribution in [0.3, 0.4) is 0 Å². The van der Waals surface area contributed by atoms with E-state index in [2.05, 4.69) is 17.0 Å². The molecule has 1 saturated heterocycles. The van der Waals surface area contributed by atoms with Crippen LogP contribution in [0.4, 0.5) is 0 Å². The van der Waals surface area contributed by atoms with E-state index in [4.69, 9.17) is 5.10 Å². The summed E-state index contributed by atoms with van der Waals surface area (Å²) >= 11 is 0. The predicted octanol–water partition coefficient (Wildman–Crippen LogP) is 3.84. The summed E-state index contributed by atoms with van der Waals surface area (Å²) in [6.45, 7) is 3.70. The van der Waals surface area contributed by atoms with Gasteiger partial charge >= 0.3 is 0 Å². The lowest BCUT2D eigenvalue weighted by molar-refractivity contribution is 0.0566. The number of fused-ring (bicyclic) bond motifs is 1. The van der Waals surface area contributed by atoms with Crippen LogP contribution in [-0.4, -0.2) is 57.7 Å². The lowest BCUT2D eigenvalue weighted by atomic mass is 10.1. The van der Waals surface area contributed by atoms with Gasteiger partial charge in [0.25, 0.3) is 5.91 Å². The van der Waals surface area contributed by atoms with Gasteiger partial charge in [0.15, 0.2) is 5.69 Å². The van der Waals surface area contributed by atoms with E-state index >= 15 is 0 Å². The number of para-hydroxylation sites is 1. The Morgan fingerprint density at radius 3 is 2.34 bits per heavy atom. The van der Waals surface area contributed by atoms with Gasteiger partial charge in [-0.3, -0.25) is 9.69 Å². The van der Waals surface area contributed by atoms with Crippen molar-refractivity contribution in [2.75, 3.05) is 26.2 Å². The molecule has 1 amide bonds. The van der Waals surface area contributed by atoms with Crippen LogP contribution in [-0.2, 0) is 12.8 Å². The summed E-state index contributed by atoms with van der Waals surface area (Å²) in [4.78, 5) is 18.1. The second-order valence-corrected chi connectivity index (χ2v) is 8.85. The lowest BCUT2D eigenvalue weighted by Crippen LogP contribution is -2.51. The Balaban J connectivity index is 1.39. The van der Waals surface area contributed by atoms with Crippen molar-refractivity contribution in [3.8, 4) is 5.69 Å². The van der Waals surface area contributed by atoms with Crippen LogP contribution in [0.1, 0.15) is 66.7 Å². The van der Waals surface area contributed by atoms with Crippen molar-refractivity contribution in [1.82, 2.24) is 19.6 Å². The maximum atomic E-state index is 13.5. The number of benzene rings is 1. The second kappa shape index (κ2) is 8.31. The molecule has 1 aromatic heterocycles. The average molecular weight is 393 g/mol. The first-order valence-electron chi connectivity index (χ1n) is 11.5. The van der Waals surface area contributed by atoms with E-state index < -0.39 is 0 Å². The lowest BCUT2D eigenvalue weighted by Gasteiger charge is -2.37. The van der Waals surface area contributed by atoms with Gasteiger partial charge in [-0.1, -0.05) is 37.5 Å². The van der Waals surface area contributed by atoms with Gasteiger partial charge in [0.1, 0.15) is 0 Å². The predicted molar refractivity (Wildman–Crippen MR) is 115 cm³/mol. The molecule has 0 atom stereocenters. The van der Waals surface area contributed by atoms with E-state index in [1.54, 1.807) is 0 Å². The second-order valence-electron chi connectivity index (χ2n) is 8.85. The van der Waals surface area contributed by atoms with Crippen LogP contribution >= 0.6 is 0 Å². The molecule has 2 aromatic rings. The molecule has 2 heterocycles. The third-order valence-electron chi connectivity index (χ3n) is 7.08. The molecule has 29 heavy (non-hydrogen) atoms. The van der Waals surface area contributed by atoms with Crippen molar-refractivity contribution in [3.63, 3.8) is 0 Å². The molecule has 0 N–H and O–H groups in total. The minimum absolute atomic E-state index is 0.143. The number of piperazine rings is 1.